The monoisotopic (exact) mass is 480 g/mol. The second-order valence-corrected chi connectivity index (χ2v) is 11.3. The molecule has 0 spiro atoms. The maximum atomic E-state index is 3.62. The van der Waals surface area contributed by atoms with Gasteiger partial charge >= 0.3 is 144 Å². The predicted octanol–water partition coefficient (Wildman–Crippen LogP) is 5.57. The SMILES string of the molecule is Brc1sccc1Cc1ccc(Cc2ccsc2Br)[se]1. The third-order valence-electron chi connectivity index (χ3n) is 2.83. The number of halogens is 2. The normalized spacial score (nSPS) is 11.1. The summed E-state index contributed by atoms with van der Waals surface area (Å²) in [5.41, 5.74) is 2.84. The van der Waals surface area contributed by atoms with Gasteiger partial charge in [-0.15, -0.1) is 0 Å². The molecule has 0 saturated carbocycles. The molecule has 3 aromatic rings. The first-order chi connectivity index (χ1) is 9.22. The van der Waals surface area contributed by atoms with Gasteiger partial charge < -0.3 is 0 Å². The Morgan fingerprint density at radius 1 is 0.789 bits per heavy atom. The summed E-state index contributed by atoms with van der Waals surface area (Å²) in [6.07, 6.45) is 2.18. The molecule has 0 atom stereocenters. The average Bonchev–Trinajstić information content (AvgIpc) is 3.07. The summed E-state index contributed by atoms with van der Waals surface area (Å²) in [7, 11) is 0. The molecule has 3 heterocycles. The molecule has 0 fully saturated rings. The first-order valence-electron chi connectivity index (χ1n) is 5.73. The van der Waals surface area contributed by atoms with E-state index in [9.17, 15) is 0 Å². The van der Waals surface area contributed by atoms with Crippen LogP contribution in [-0.2, 0) is 12.8 Å². The summed E-state index contributed by atoms with van der Waals surface area (Å²) in [5.74, 6) is 0. The molecule has 0 radical (unpaired) electrons. The molecule has 0 aliphatic carbocycles. The molecular weight excluding hydrogens is 471 g/mol. The van der Waals surface area contributed by atoms with Crippen LogP contribution < -0.4 is 0 Å². The molecule has 0 unspecified atom stereocenters. The first-order valence-corrected chi connectivity index (χ1v) is 10.8. The third-order valence-corrected chi connectivity index (χ3v) is 8.73. The van der Waals surface area contributed by atoms with Crippen LogP contribution in [-0.4, -0.2) is 14.5 Å². The summed E-state index contributed by atoms with van der Waals surface area (Å²) in [6, 6.07) is 9.08. The Bertz CT molecular complexity index is 624. The van der Waals surface area contributed by atoms with Crippen LogP contribution in [0, 0.1) is 0 Å². The molecule has 0 aromatic carbocycles. The number of hydrogen-bond donors (Lipinski definition) is 0. The fourth-order valence-electron chi connectivity index (χ4n) is 1.88. The Labute approximate surface area is 143 Å². The molecule has 5 heteroatoms. The molecule has 0 amide bonds. The molecule has 0 aliphatic rings. The zero-order chi connectivity index (χ0) is 13.2. The first kappa shape index (κ1) is 14.3. The molecule has 0 nitrogen and oxygen atoms in total. The second-order valence-electron chi connectivity index (χ2n) is 4.16. The van der Waals surface area contributed by atoms with Gasteiger partial charge in [0.25, 0.3) is 0 Å². The van der Waals surface area contributed by atoms with E-state index in [1.807, 2.05) is 0 Å². The fraction of sp³-hybridized carbons (Fsp3) is 0.143. The molecular formula is C14H10Br2S2Se. The van der Waals surface area contributed by atoms with Crippen molar-refractivity contribution in [1.82, 2.24) is 0 Å². The van der Waals surface area contributed by atoms with E-state index in [1.165, 1.54) is 18.7 Å². The van der Waals surface area contributed by atoms with Crippen molar-refractivity contribution < 1.29 is 0 Å². The van der Waals surface area contributed by atoms with Gasteiger partial charge in [-0.1, -0.05) is 0 Å². The van der Waals surface area contributed by atoms with Crippen LogP contribution in [0.15, 0.2) is 42.6 Å². The van der Waals surface area contributed by atoms with E-state index in [0.717, 1.165) is 12.8 Å². The summed E-state index contributed by atoms with van der Waals surface area (Å²) < 4.78 is 5.71. The van der Waals surface area contributed by atoms with Gasteiger partial charge in [-0.3, -0.25) is 0 Å². The minimum absolute atomic E-state index is 0.517. The van der Waals surface area contributed by atoms with E-state index in [2.05, 4.69) is 66.9 Å². The van der Waals surface area contributed by atoms with Crippen molar-refractivity contribution in [2.45, 2.75) is 12.8 Å². The van der Waals surface area contributed by atoms with Crippen LogP contribution in [0.5, 0.6) is 0 Å². The topological polar surface area (TPSA) is 0 Å². The summed E-state index contributed by atoms with van der Waals surface area (Å²) in [6.45, 7) is 0. The van der Waals surface area contributed by atoms with Crippen molar-refractivity contribution in [2.24, 2.45) is 0 Å². The van der Waals surface area contributed by atoms with E-state index in [-0.39, 0.29) is 0 Å². The van der Waals surface area contributed by atoms with Crippen molar-refractivity contribution >= 4 is 69.0 Å². The van der Waals surface area contributed by atoms with E-state index in [1.54, 1.807) is 31.5 Å². The van der Waals surface area contributed by atoms with Crippen LogP contribution in [0.2, 0.25) is 0 Å². The van der Waals surface area contributed by atoms with Gasteiger partial charge in [-0.25, -0.2) is 0 Å². The van der Waals surface area contributed by atoms with Crippen molar-refractivity contribution in [3.63, 3.8) is 0 Å². The second kappa shape index (κ2) is 6.42. The fourth-order valence-corrected chi connectivity index (χ4v) is 6.59. The van der Waals surface area contributed by atoms with Crippen LogP contribution in [0.1, 0.15) is 20.0 Å². The van der Waals surface area contributed by atoms with Crippen molar-refractivity contribution in [2.75, 3.05) is 0 Å². The molecule has 98 valence electrons. The Morgan fingerprint density at radius 2 is 1.26 bits per heavy atom. The maximum absolute atomic E-state index is 3.62. The molecule has 0 saturated heterocycles. The Kier molecular flexibility index (Phi) is 4.83. The zero-order valence-corrected chi connectivity index (χ0v) is 16.4. The van der Waals surface area contributed by atoms with Crippen LogP contribution in [0.3, 0.4) is 0 Å². The van der Waals surface area contributed by atoms with Crippen molar-refractivity contribution in [1.29, 1.82) is 0 Å². The van der Waals surface area contributed by atoms with Crippen LogP contribution in [0.25, 0.3) is 0 Å². The minimum atomic E-state index is 0.517. The third kappa shape index (κ3) is 3.52. The van der Waals surface area contributed by atoms with Crippen molar-refractivity contribution in [3.8, 4) is 0 Å². The van der Waals surface area contributed by atoms with Gasteiger partial charge in [0.2, 0.25) is 0 Å². The van der Waals surface area contributed by atoms with E-state index < -0.39 is 0 Å². The Balaban J connectivity index is 1.73. The van der Waals surface area contributed by atoms with E-state index >= 15 is 0 Å². The van der Waals surface area contributed by atoms with E-state index in [4.69, 9.17) is 0 Å². The van der Waals surface area contributed by atoms with Crippen LogP contribution in [0.4, 0.5) is 0 Å². The standard InChI is InChI=1S/C14H10Br2S2Se/c15-13-9(3-5-17-13)7-11-1-2-12(19-11)8-10-4-6-18-14(10)16/h1-6H,7-8H2. The molecule has 0 bridgehead atoms. The van der Waals surface area contributed by atoms with Gasteiger partial charge in [-0.2, -0.15) is 0 Å². The number of thiophene rings is 2. The van der Waals surface area contributed by atoms with Gasteiger partial charge in [0.05, 0.1) is 0 Å². The number of hydrogen-bond acceptors (Lipinski definition) is 2. The van der Waals surface area contributed by atoms with Crippen LogP contribution >= 0.6 is 54.5 Å². The average molecular weight is 481 g/mol. The van der Waals surface area contributed by atoms with Crippen molar-refractivity contribution in [3.05, 3.63) is 62.6 Å². The molecule has 3 aromatic heterocycles. The summed E-state index contributed by atoms with van der Waals surface area (Å²) >= 11 is 11.3. The molecule has 0 N–H and O–H groups in total. The molecule has 3 rings (SSSR count). The Morgan fingerprint density at radius 3 is 1.63 bits per heavy atom. The predicted molar refractivity (Wildman–Crippen MR) is 93.0 cm³/mol. The summed E-state index contributed by atoms with van der Waals surface area (Å²) in [5, 5.41) is 4.30. The zero-order valence-electron chi connectivity index (χ0n) is 9.86. The quantitative estimate of drug-likeness (QED) is 0.428. The Hall–Kier alpha value is 0.359. The summed E-state index contributed by atoms with van der Waals surface area (Å²) in [4.78, 5) is 0. The molecule has 19 heavy (non-hydrogen) atoms. The van der Waals surface area contributed by atoms with Gasteiger partial charge in [0.15, 0.2) is 0 Å². The molecule has 0 aliphatic heterocycles. The van der Waals surface area contributed by atoms with Gasteiger partial charge in [0.1, 0.15) is 0 Å². The van der Waals surface area contributed by atoms with Gasteiger partial charge in [0, 0.05) is 0 Å². The number of rotatable bonds is 4. The van der Waals surface area contributed by atoms with Gasteiger partial charge in [-0.05, 0) is 0 Å². The van der Waals surface area contributed by atoms with E-state index in [0.29, 0.717) is 14.5 Å².